The summed E-state index contributed by atoms with van der Waals surface area (Å²) in [7, 11) is 0. The lowest BCUT2D eigenvalue weighted by Crippen LogP contribution is -2.40. The number of alkyl halides is 2. The van der Waals surface area contributed by atoms with Crippen LogP contribution in [0.15, 0.2) is 12.3 Å². The summed E-state index contributed by atoms with van der Waals surface area (Å²) >= 11 is 0. The Hall–Kier alpha value is -2.62. The third-order valence-corrected chi connectivity index (χ3v) is 5.40. The van der Waals surface area contributed by atoms with Crippen molar-refractivity contribution in [1.82, 2.24) is 19.9 Å². The molecule has 0 amide bonds. The summed E-state index contributed by atoms with van der Waals surface area (Å²) in [6, 6.07) is 1.46. The molecule has 29 heavy (non-hydrogen) atoms. The Morgan fingerprint density at radius 1 is 1.10 bits per heavy atom. The average molecular weight is 405 g/mol. The lowest BCUT2D eigenvalue weighted by molar-refractivity contribution is 0.122. The van der Waals surface area contributed by atoms with E-state index in [4.69, 9.17) is 15.5 Å². The van der Waals surface area contributed by atoms with E-state index in [-0.39, 0.29) is 28.8 Å². The van der Waals surface area contributed by atoms with Crippen molar-refractivity contribution in [2.75, 3.05) is 48.4 Å². The number of nitrogens with two attached hydrogens (primary N) is 1. The molecule has 0 unspecified atom stereocenters. The van der Waals surface area contributed by atoms with E-state index < -0.39 is 6.43 Å². The first-order valence-corrected chi connectivity index (χ1v) is 9.92. The predicted octanol–water partition coefficient (Wildman–Crippen LogP) is 2.67. The normalized spacial score (nSPS) is 20.3. The first-order chi connectivity index (χ1) is 14.0. The van der Waals surface area contributed by atoms with Gasteiger partial charge in [-0.05, 0) is 32.3 Å². The van der Waals surface area contributed by atoms with Gasteiger partial charge in [0.15, 0.2) is 5.82 Å². The van der Waals surface area contributed by atoms with Crippen LogP contribution >= 0.6 is 0 Å². The highest BCUT2D eigenvalue weighted by molar-refractivity contribution is 5.64. The number of pyridine rings is 1. The maximum atomic E-state index is 13.7. The van der Waals surface area contributed by atoms with Crippen LogP contribution in [0.1, 0.15) is 38.2 Å². The molecule has 4 heterocycles. The van der Waals surface area contributed by atoms with Gasteiger partial charge in [-0.3, -0.25) is 0 Å². The number of nitrogens with zero attached hydrogens (tertiary/aromatic N) is 6. The number of hydrogen-bond donors (Lipinski definition) is 1. The molecule has 0 aliphatic carbocycles. The van der Waals surface area contributed by atoms with Crippen molar-refractivity contribution in [3.63, 3.8) is 0 Å². The standard InChI is InChI=1S/C19H25F2N7O/c1-12-4-2-3-5-28(12)19-25-17(14-11-23-15(22)10-13(14)16(20)21)24-18(26-19)27-6-8-29-9-7-27/h10-12,16H,2-9H2,1H3,(H2,22,23)/t12-/m0/s1. The van der Waals surface area contributed by atoms with Crippen molar-refractivity contribution >= 4 is 17.7 Å². The molecule has 0 saturated carbocycles. The van der Waals surface area contributed by atoms with Crippen LogP contribution in [0.3, 0.4) is 0 Å². The molecule has 2 aliphatic heterocycles. The van der Waals surface area contributed by atoms with Crippen molar-refractivity contribution in [1.29, 1.82) is 0 Å². The molecule has 10 heteroatoms. The van der Waals surface area contributed by atoms with Gasteiger partial charge in [0.2, 0.25) is 11.9 Å². The quantitative estimate of drug-likeness (QED) is 0.830. The zero-order valence-corrected chi connectivity index (χ0v) is 16.4. The molecule has 2 fully saturated rings. The molecule has 0 spiro atoms. The molecular formula is C19H25F2N7O. The number of hydrogen-bond acceptors (Lipinski definition) is 8. The molecule has 8 nitrogen and oxygen atoms in total. The fraction of sp³-hybridized carbons (Fsp3) is 0.579. The smallest absolute Gasteiger partial charge is 0.264 e. The van der Waals surface area contributed by atoms with Gasteiger partial charge >= 0.3 is 0 Å². The molecule has 2 saturated heterocycles. The molecule has 0 radical (unpaired) electrons. The van der Waals surface area contributed by atoms with Gasteiger partial charge in [0.05, 0.1) is 13.2 Å². The van der Waals surface area contributed by atoms with E-state index in [1.807, 2.05) is 4.90 Å². The fourth-order valence-electron chi connectivity index (χ4n) is 3.76. The first-order valence-electron chi connectivity index (χ1n) is 9.92. The summed E-state index contributed by atoms with van der Waals surface area (Å²) in [6.45, 7) is 5.38. The third kappa shape index (κ3) is 4.21. The molecule has 2 aromatic heterocycles. The molecule has 0 aromatic carbocycles. The maximum Gasteiger partial charge on any atom is 0.264 e. The largest absolute Gasteiger partial charge is 0.384 e. The van der Waals surface area contributed by atoms with Gasteiger partial charge in [0, 0.05) is 43.0 Å². The van der Waals surface area contributed by atoms with Crippen molar-refractivity contribution in [3.05, 3.63) is 17.8 Å². The Balaban J connectivity index is 1.81. The summed E-state index contributed by atoms with van der Waals surface area (Å²) < 4.78 is 32.8. The fourth-order valence-corrected chi connectivity index (χ4v) is 3.76. The van der Waals surface area contributed by atoms with Crippen LogP contribution in [-0.4, -0.2) is 58.8 Å². The second-order valence-electron chi connectivity index (χ2n) is 7.39. The van der Waals surface area contributed by atoms with E-state index in [9.17, 15) is 8.78 Å². The van der Waals surface area contributed by atoms with Crippen LogP contribution in [0.4, 0.5) is 26.5 Å². The Morgan fingerprint density at radius 2 is 1.86 bits per heavy atom. The van der Waals surface area contributed by atoms with Crippen molar-refractivity contribution in [3.8, 4) is 11.4 Å². The number of ether oxygens (including phenoxy) is 1. The minimum Gasteiger partial charge on any atom is -0.384 e. The number of halogens is 2. The van der Waals surface area contributed by atoms with Gasteiger partial charge in [-0.25, -0.2) is 13.8 Å². The minimum absolute atomic E-state index is 0.0383. The van der Waals surface area contributed by atoms with Gasteiger partial charge in [0.25, 0.3) is 6.43 Å². The Morgan fingerprint density at radius 3 is 2.59 bits per heavy atom. The SMILES string of the molecule is C[C@H]1CCCCN1c1nc(-c2cnc(N)cc2C(F)F)nc(N2CCOCC2)n1. The summed E-state index contributed by atoms with van der Waals surface area (Å²) in [5, 5.41) is 0. The Bertz CT molecular complexity index is 860. The summed E-state index contributed by atoms with van der Waals surface area (Å²) in [5.41, 5.74) is 5.58. The highest BCUT2D eigenvalue weighted by Crippen LogP contribution is 2.32. The molecular weight excluding hydrogens is 380 g/mol. The van der Waals surface area contributed by atoms with Crippen LogP contribution in [0.5, 0.6) is 0 Å². The monoisotopic (exact) mass is 405 g/mol. The van der Waals surface area contributed by atoms with Crippen molar-refractivity contribution in [2.24, 2.45) is 0 Å². The number of aromatic nitrogens is 4. The van der Waals surface area contributed by atoms with Crippen LogP contribution in [0.25, 0.3) is 11.4 Å². The highest BCUT2D eigenvalue weighted by Gasteiger charge is 2.26. The van der Waals surface area contributed by atoms with Gasteiger partial charge in [-0.15, -0.1) is 0 Å². The van der Waals surface area contributed by atoms with Crippen LogP contribution in [-0.2, 0) is 4.74 Å². The van der Waals surface area contributed by atoms with Crippen molar-refractivity contribution < 1.29 is 13.5 Å². The molecule has 2 N–H and O–H groups in total. The van der Waals surface area contributed by atoms with E-state index in [0.29, 0.717) is 38.2 Å². The third-order valence-electron chi connectivity index (χ3n) is 5.40. The second kappa shape index (κ2) is 8.40. The highest BCUT2D eigenvalue weighted by atomic mass is 19.3. The van der Waals surface area contributed by atoms with Crippen LogP contribution < -0.4 is 15.5 Å². The van der Waals surface area contributed by atoms with Crippen LogP contribution in [0.2, 0.25) is 0 Å². The number of anilines is 3. The summed E-state index contributed by atoms with van der Waals surface area (Å²) in [5.74, 6) is 1.22. The minimum atomic E-state index is -2.71. The van der Waals surface area contributed by atoms with Crippen LogP contribution in [0, 0.1) is 0 Å². The zero-order valence-electron chi connectivity index (χ0n) is 16.4. The molecule has 0 bridgehead atoms. The predicted molar refractivity (Wildman–Crippen MR) is 106 cm³/mol. The molecule has 2 aromatic rings. The Labute approximate surface area is 168 Å². The second-order valence-corrected chi connectivity index (χ2v) is 7.39. The van der Waals surface area contributed by atoms with E-state index >= 15 is 0 Å². The number of piperidine rings is 1. The number of morpholine rings is 1. The summed E-state index contributed by atoms with van der Waals surface area (Å²) in [4.78, 5) is 21.9. The molecule has 2 aliphatic rings. The molecule has 1 atom stereocenters. The Kier molecular flexibility index (Phi) is 5.70. The summed E-state index contributed by atoms with van der Waals surface area (Å²) in [6.07, 6.45) is 1.85. The van der Waals surface area contributed by atoms with E-state index in [1.165, 1.54) is 12.3 Å². The number of rotatable bonds is 4. The topological polar surface area (TPSA) is 93.3 Å². The van der Waals surface area contributed by atoms with E-state index in [1.54, 1.807) is 0 Å². The zero-order chi connectivity index (χ0) is 20.4. The first kappa shape index (κ1) is 19.7. The lowest BCUT2D eigenvalue weighted by Gasteiger charge is -2.34. The van der Waals surface area contributed by atoms with E-state index in [2.05, 4.69) is 26.8 Å². The lowest BCUT2D eigenvalue weighted by atomic mass is 10.0. The van der Waals surface area contributed by atoms with Gasteiger partial charge in [-0.2, -0.15) is 15.0 Å². The molecule has 156 valence electrons. The molecule has 4 rings (SSSR count). The van der Waals surface area contributed by atoms with E-state index in [0.717, 1.165) is 25.8 Å². The van der Waals surface area contributed by atoms with Crippen molar-refractivity contribution in [2.45, 2.75) is 38.7 Å². The van der Waals surface area contributed by atoms with Gasteiger partial charge < -0.3 is 20.3 Å². The number of nitrogen functional groups attached to an aromatic ring is 1. The van der Waals surface area contributed by atoms with Gasteiger partial charge in [0.1, 0.15) is 5.82 Å². The average Bonchev–Trinajstić information content (AvgIpc) is 2.74. The maximum absolute atomic E-state index is 13.7. The van der Waals surface area contributed by atoms with Gasteiger partial charge in [-0.1, -0.05) is 0 Å².